The van der Waals surface area contributed by atoms with Gasteiger partial charge in [0.05, 0.1) is 5.56 Å². The number of allylic oxidation sites excluding steroid dienone is 2. The summed E-state index contributed by atoms with van der Waals surface area (Å²) in [7, 11) is 0. The molecule has 0 aromatic heterocycles. The van der Waals surface area contributed by atoms with Crippen LogP contribution in [0.4, 0.5) is 5.69 Å². The normalized spacial score (nSPS) is 18.7. The molecular formula is C14H15BrN2. The van der Waals surface area contributed by atoms with Crippen molar-refractivity contribution < 1.29 is 0 Å². The van der Waals surface area contributed by atoms with Crippen molar-refractivity contribution >= 4 is 21.6 Å². The predicted molar refractivity (Wildman–Crippen MR) is 73.8 cm³/mol. The van der Waals surface area contributed by atoms with E-state index >= 15 is 0 Å². The number of halogens is 1. The number of benzene rings is 1. The highest BCUT2D eigenvalue weighted by Crippen LogP contribution is 2.23. The number of anilines is 1. The van der Waals surface area contributed by atoms with Crippen molar-refractivity contribution in [1.82, 2.24) is 0 Å². The summed E-state index contributed by atoms with van der Waals surface area (Å²) in [4.78, 5) is 0. The standard InChI is InChI=1S/C14H15BrN2/c15-14-8-13(7-6-12(14)9-16)17-10-11-4-2-1-3-5-11/h1-2,6-8,11,17H,3-5,10H2. The number of nitriles is 1. The summed E-state index contributed by atoms with van der Waals surface area (Å²) in [5.74, 6) is 0.731. The third-order valence-corrected chi connectivity index (χ3v) is 3.72. The van der Waals surface area contributed by atoms with Gasteiger partial charge in [0.1, 0.15) is 6.07 Å². The minimum atomic E-state index is 0.677. The van der Waals surface area contributed by atoms with Crippen molar-refractivity contribution in [2.75, 3.05) is 11.9 Å². The van der Waals surface area contributed by atoms with Crippen molar-refractivity contribution in [1.29, 1.82) is 5.26 Å². The Morgan fingerprint density at radius 2 is 2.29 bits per heavy atom. The maximum absolute atomic E-state index is 8.84. The van der Waals surface area contributed by atoms with E-state index in [2.05, 4.69) is 39.5 Å². The first-order valence-electron chi connectivity index (χ1n) is 5.88. The fraction of sp³-hybridized carbons (Fsp3) is 0.357. The van der Waals surface area contributed by atoms with Crippen LogP contribution in [-0.4, -0.2) is 6.54 Å². The van der Waals surface area contributed by atoms with E-state index < -0.39 is 0 Å². The van der Waals surface area contributed by atoms with E-state index in [0.717, 1.165) is 22.6 Å². The van der Waals surface area contributed by atoms with Crippen LogP contribution in [0.1, 0.15) is 24.8 Å². The largest absolute Gasteiger partial charge is 0.385 e. The average Bonchev–Trinajstić information content (AvgIpc) is 2.38. The summed E-state index contributed by atoms with van der Waals surface area (Å²) < 4.78 is 0.855. The molecular weight excluding hydrogens is 276 g/mol. The van der Waals surface area contributed by atoms with Gasteiger partial charge in [-0.05, 0) is 59.3 Å². The first kappa shape index (κ1) is 12.2. The molecule has 0 saturated carbocycles. The molecule has 1 unspecified atom stereocenters. The first-order chi connectivity index (χ1) is 8.29. The molecule has 1 atom stereocenters. The molecule has 17 heavy (non-hydrogen) atoms. The fourth-order valence-electron chi connectivity index (χ4n) is 2.02. The van der Waals surface area contributed by atoms with Gasteiger partial charge in [-0.25, -0.2) is 0 Å². The fourth-order valence-corrected chi connectivity index (χ4v) is 2.49. The van der Waals surface area contributed by atoms with Crippen LogP contribution >= 0.6 is 15.9 Å². The van der Waals surface area contributed by atoms with E-state index in [1.165, 1.54) is 19.3 Å². The van der Waals surface area contributed by atoms with Crippen LogP contribution in [0.3, 0.4) is 0 Å². The summed E-state index contributed by atoms with van der Waals surface area (Å²) >= 11 is 3.40. The maximum atomic E-state index is 8.84. The highest BCUT2D eigenvalue weighted by Gasteiger charge is 2.09. The van der Waals surface area contributed by atoms with Crippen LogP contribution in [0.2, 0.25) is 0 Å². The number of nitrogens with zero attached hydrogens (tertiary/aromatic N) is 1. The third-order valence-electron chi connectivity index (χ3n) is 3.06. The Bertz CT molecular complexity index is 460. The molecule has 0 fully saturated rings. The quantitative estimate of drug-likeness (QED) is 0.851. The van der Waals surface area contributed by atoms with Gasteiger partial charge in [-0.2, -0.15) is 5.26 Å². The molecule has 0 radical (unpaired) electrons. The summed E-state index contributed by atoms with van der Waals surface area (Å²) in [6, 6.07) is 7.91. The topological polar surface area (TPSA) is 35.8 Å². The molecule has 88 valence electrons. The zero-order valence-electron chi connectivity index (χ0n) is 9.62. The molecule has 1 N–H and O–H groups in total. The van der Waals surface area contributed by atoms with Gasteiger partial charge in [-0.15, -0.1) is 0 Å². The highest BCUT2D eigenvalue weighted by atomic mass is 79.9. The van der Waals surface area contributed by atoms with E-state index in [-0.39, 0.29) is 0 Å². The Labute approximate surface area is 110 Å². The minimum Gasteiger partial charge on any atom is -0.385 e. The second-order valence-electron chi connectivity index (χ2n) is 4.34. The number of hydrogen-bond acceptors (Lipinski definition) is 2. The molecule has 2 rings (SSSR count). The summed E-state index contributed by atoms with van der Waals surface area (Å²) in [5, 5.41) is 12.3. The molecule has 1 aliphatic rings. The van der Waals surface area contributed by atoms with Gasteiger partial charge in [-0.1, -0.05) is 12.2 Å². The summed E-state index contributed by atoms with van der Waals surface area (Å²) in [6.07, 6.45) is 8.16. The second kappa shape index (κ2) is 5.88. The average molecular weight is 291 g/mol. The van der Waals surface area contributed by atoms with Gasteiger partial charge >= 0.3 is 0 Å². The lowest BCUT2D eigenvalue weighted by molar-refractivity contribution is 0.504. The smallest absolute Gasteiger partial charge is 0.100 e. The monoisotopic (exact) mass is 290 g/mol. The molecule has 0 heterocycles. The number of hydrogen-bond donors (Lipinski definition) is 1. The van der Waals surface area contributed by atoms with Crippen molar-refractivity contribution in [3.8, 4) is 6.07 Å². The molecule has 2 nitrogen and oxygen atoms in total. The lowest BCUT2D eigenvalue weighted by atomic mass is 9.94. The zero-order chi connectivity index (χ0) is 12.1. The summed E-state index contributed by atoms with van der Waals surface area (Å²) in [5.41, 5.74) is 1.75. The molecule has 1 aliphatic carbocycles. The van der Waals surface area contributed by atoms with Crippen molar-refractivity contribution in [2.45, 2.75) is 19.3 Å². The van der Waals surface area contributed by atoms with Gasteiger partial charge in [0.15, 0.2) is 0 Å². The SMILES string of the molecule is N#Cc1ccc(NCC2CC=CCC2)cc1Br. The van der Waals surface area contributed by atoms with E-state index in [4.69, 9.17) is 5.26 Å². The van der Waals surface area contributed by atoms with Crippen LogP contribution in [0.25, 0.3) is 0 Å². The maximum Gasteiger partial charge on any atom is 0.100 e. The number of rotatable bonds is 3. The Hall–Kier alpha value is -1.27. The lowest BCUT2D eigenvalue weighted by Gasteiger charge is -2.19. The van der Waals surface area contributed by atoms with Crippen LogP contribution in [0.5, 0.6) is 0 Å². The van der Waals surface area contributed by atoms with Crippen LogP contribution in [0, 0.1) is 17.2 Å². The van der Waals surface area contributed by atoms with Crippen molar-refractivity contribution in [3.05, 3.63) is 40.4 Å². The van der Waals surface area contributed by atoms with E-state index in [9.17, 15) is 0 Å². The Balaban J connectivity index is 1.93. The van der Waals surface area contributed by atoms with Gasteiger partial charge in [0, 0.05) is 16.7 Å². The van der Waals surface area contributed by atoms with E-state index in [1.54, 1.807) is 0 Å². The molecule has 1 aromatic carbocycles. The zero-order valence-corrected chi connectivity index (χ0v) is 11.2. The Morgan fingerprint density at radius 3 is 2.94 bits per heavy atom. The van der Waals surface area contributed by atoms with Gasteiger partial charge in [0.25, 0.3) is 0 Å². The van der Waals surface area contributed by atoms with Crippen LogP contribution < -0.4 is 5.32 Å². The minimum absolute atomic E-state index is 0.677. The van der Waals surface area contributed by atoms with Crippen molar-refractivity contribution in [2.24, 2.45) is 5.92 Å². The lowest BCUT2D eigenvalue weighted by Crippen LogP contribution is -2.15. The predicted octanol–water partition coefficient (Wildman–Crippen LogP) is 4.09. The molecule has 3 heteroatoms. The second-order valence-corrected chi connectivity index (χ2v) is 5.19. The Morgan fingerprint density at radius 1 is 1.41 bits per heavy atom. The summed E-state index contributed by atoms with van der Waals surface area (Å²) in [6.45, 7) is 1.00. The van der Waals surface area contributed by atoms with E-state index in [1.807, 2.05) is 18.2 Å². The number of nitrogens with one attached hydrogen (secondary N) is 1. The molecule has 0 amide bonds. The van der Waals surface area contributed by atoms with Gasteiger partial charge < -0.3 is 5.32 Å². The first-order valence-corrected chi connectivity index (χ1v) is 6.67. The highest BCUT2D eigenvalue weighted by molar-refractivity contribution is 9.10. The van der Waals surface area contributed by atoms with Crippen LogP contribution in [-0.2, 0) is 0 Å². The Kier molecular flexibility index (Phi) is 4.22. The van der Waals surface area contributed by atoms with Gasteiger partial charge in [-0.3, -0.25) is 0 Å². The van der Waals surface area contributed by atoms with E-state index in [0.29, 0.717) is 5.56 Å². The molecule has 0 saturated heterocycles. The molecule has 0 spiro atoms. The molecule has 1 aromatic rings. The third kappa shape index (κ3) is 3.34. The van der Waals surface area contributed by atoms with Crippen LogP contribution in [0.15, 0.2) is 34.8 Å². The van der Waals surface area contributed by atoms with Crippen molar-refractivity contribution in [3.63, 3.8) is 0 Å². The molecule has 0 bridgehead atoms. The molecule has 0 aliphatic heterocycles. The van der Waals surface area contributed by atoms with Gasteiger partial charge in [0.2, 0.25) is 0 Å².